The maximum atomic E-state index is 13.5. The highest BCUT2D eigenvalue weighted by atomic mass is 32.2. The Morgan fingerprint density at radius 1 is 1.27 bits per heavy atom. The van der Waals surface area contributed by atoms with Gasteiger partial charge < -0.3 is 29.5 Å². The molecule has 41 heavy (non-hydrogen) atoms. The van der Waals surface area contributed by atoms with Crippen molar-refractivity contribution in [2.75, 3.05) is 58.6 Å². The number of anilines is 1. The number of ether oxygens (including phenoxy) is 3. The molecule has 2 fully saturated rings. The van der Waals surface area contributed by atoms with Crippen molar-refractivity contribution in [1.82, 2.24) is 29.6 Å². The number of carbonyl (C=O) groups is 1. The van der Waals surface area contributed by atoms with Crippen LogP contribution in [-0.4, -0.2) is 111 Å². The van der Waals surface area contributed by atoms with Crippen molar-refractivity contribution in [2.45, 2.75) is 35.9 Å². The highest BCUT2D eigenvalue weighted by Crippen LogP contribution is 2.34. The highest BCUT2D eigenvalue weighted by Gasteiger charge is 2.38. The van der Waals surface area contributed by atoms with Gasteiger partial charge in [0, 0.05) is 45.6 Å². The Hall–Kier alpha value is -2.87. The maximum Gasteiger partial charge on any atom is 0.291 e. The molecule has 5 heterocycles. The average Bonchev–Trinajstić information content (AvgIpc) is 3.55. The minimum Gasteiger partial charge on any atom is -0.483 e. The number of halogens is 2. The standard InChI is InChI=1S/C22H29F2N7O5S2.CH2O2/c1-22(11-36-12-22)29-38(32,33)15-4-16(30-6-13(9-34-2)26-14(7-30)10-35-3)17-5-25-19(31(17)8-15)21-28-27-20(37-21)18(23)24;2-1-3/h4-5,8,13-14,18,26,29H,6-7,9-12H2,1-3H3;1H,(H,2,3)/t13-,14-;/m1./s1. The van der Waals surface area contributed by atoms with Crippen LogP contribution in [0, 0.1) is 0 Å². The smallest absolute Gasteiger partial charge is 0.291 e. The number of nitrogens with one attached hydrogen (secondary N) is 2. The van der Waals surface area contributed by atoms with Crippen molar-refractivity contribution < 1.29 is 41.3 Å². The minimum atomic E-state index is -3.99. The lowest BCUT2D eigenvalue weighted by Gasteiger charge is -2.40. The van der Waals surface area contributed by atoms with Gasteiger partial charge in [-0.05, 0) is 13.0 Å². The Bertz CT molecular complexity index is 1440. The van der Waals surface area contributed by atoms with E-state index in [0.717, 1.165) is 0 Å². The second-order valence-corrected chi connectivity index (χ2v) is 12.5. The summed E-state index contributed by atoms with van der Waals surface area (Å²) in [7, 11) is -0.751. The van der Waals surface area contributed by atoms with Crippen LogP contribution in [0.3, 0.4) is 0 Å². The molecule has 2 aliphatic heterocycles. The van der Waals surface area contributed by atoms with Gasteiger partial charge in [-0.2, -0.15) is 0 Å². The Kier molecular flexibility index (Phi) is 9.83. The third-order valence-electron chi connectivity index (χ3n) is 6.37. The summed E-state index contributed by atoms with van der Waals surface area (Å²) >= 11 is 0.711. The third kappa shape index (κ3) is 6.96. The van der Waals surface area contributed by atoms with Crippen molar-refractivity contribution in [2.24, 2.45) is 0 Å². The van der Waals surface area contributed by atoms with Crippen LogP contribution in [0.15, 0.2) is 23.4 Å². The van der Waals surface area contributed by atoms with E-state index < -0.39 is 27.0 Å². The van der Waals surface area contributed by atoms with Crippen LogP contribution < -0.4 is 14.9 Å². The van der Waals surface area contributed by atoms with E-state index in [4.69, 9.17) is 24.1 Å². The largest absolute Gasteiger partial charge is 0.483 e. The molecular formula is C23H31F2N7O7S2. The van der Waals surface area contributed by atoms with Crippen molar-refractivity contribution in [3.63, 3.8) is 0 Å². The van der Waals surface area contributed by atoms with Gasteiger partial charge in [-0.1, -0.05) is 11.3 Å². The average molecular weight is 620 g/mol. The molecule has 3 N–H and O–H groups in total. The SMILES string of the molecule is COC[C@H]1CN(c2cc(S(=O)(=O)NC3(C)COC3)cn3c(-c4nnc(C(F)F)s4)ncc23)C[C@H](COC)N1.O=CO. The van der Waals surface area contributed by atoms with Gasteiger partial charge in [-0.3, -0.25) is 9.20 Å². The van der Waals surface area contributed by atoms with Gasteiger partial charge in [-0.25, -0.2) is 26.9 Å². The molecule has 0 spiro atoms. The molecule has 3 aromatic rings. The van der Waals surface area contributed by atoms with E-state index in [0.29, 0.717) is 48.8 Å². The zero-order valence-electron chi connectivity index (χ0n) is 22.5. The lowest BCUT2D eigenvalue weighted by molar-refractivity contribution is -0.122. The van der Waals surface area contributed by atoms with Crippen LogP contribution in [0.25, 0.3) is 16.3 Å². The molecule has 0 bridgehead atoms. The van der Waals surface area contributed by atoms with Crippen LogP contribution in [0.5, 0.6) is 0 Å². The number of sulfonamides is 1. The fraction of sp³-hybridized carbons (Fsp3) is 0.565. The molecule has 5 rings (SSSR count). The number of hydrogen-bond acceptors (Lipinski definition) is 12. The van der Waals surface area contributed by atoms with E-state index in [-0.39, 0.29) is 47.5 Å². The second-order valence-electron chi connectivity index (χ2n) is 9.78. The number of alkyl halides is 2. The summed E-state index contributed by atoms with van der Waals surface area (Å²) in [4.78, 5) is 14.8. The second kappa shape index (κ2) is 13.0. The van der Waals surface area contributed by atoms with Gasteiger partial charge in [0.2, 0.25) is 10.0 Å². The van der Waals surface area contributed by atoms with Crippen LogP contribution in [0.1, 0.15) is 18.4 Å². The van der Waals surface area contributed by atoms with Gasteiger partial charge in [0.05, 0.1) is 49.4 Å². The fourth-order valence-electron chi connectivity index (χ4n) is 4.72. The van der Waals surface area contributed by atoms with Gasteiger partial charge in [0.25, 0.3) is 12.9 Å². The van der Waals surface area contributed by atoms with E-state index in [1.165, 1.54) is 6.20 Å². The van der Waals surface area contributed by atoms with Gasteiger partial charge in [0.1, 0.15) is 4.90 Å². The molecule has 0 aromatic carbocycles. The van der Waals surface area contributed by atoms with Crippen LogP contribution in [0.2, 0.25) is 0 Å². The van der Waals surface area contributed by atoms with E-state index in [1.54, 1.807) is 37.8 Å². The molecule has 0 radical (unpaired) electrons. The molecule has 0 amide bonds. The Labute approximate surface area is 238 Å². The van der Waals surface area contributed by atoms with Crippen LogP contribution >= 0.6 is 11.3 Å². The van der Waals surface area contributed by atoms with E-state index in [9.17, 15) is 17.2 Å². The monoisotopic (exact) mass is 619 g/mol. The first-order valence-electron chi connectivity index (χ1n) is 12.4. The minimum absolute atomic E-state index is 0.00362. The summed E-state index contributed by atoms with van der Waals surface area (Å²) in [5.41, 5.74) is 0.489. The topological polar surface area (TPSA) is 170 Å². The lowest BCUT2D eigenvalue weighted by atomic mass is 10.0. The van der Waals surface area contributed by atoms with Gasteiger partial charge in [0.15, 0.2) is 15.8 Å². The molecule has 2 saturated heterocycles. The Balaban J connectivity index is 0.00000124. The summed E-state index contributed by atoms with van der Waals surface area (Å²) in [5.74, 6) is 0.220. The normalized spacial score (nSPS) is 20.5. The summed E-state index contributed by atoms with van der Waals surface area (Å²) in [6, 6.07) is 1.52. The number of fused-ring (bicyclic) bond motifs is 1. The number of hydrogen-bond donors (Lipinski definition) is 3. The maximum absolute atomic E-state index is 13.5. The predicted molar refractivity (Wildman–Crippen MR) is 144 cm³/mol. The summed E-state index contributed by atoms with van der Waals surface area (Å²) in [6.07, 6.45) is 0.236. The first kappa shape index (κ1) is 31.1. The molecule has 2 atom stereocenters. The number of rotatable bonds is 10. The third-order valence-corrected chi connectivity index (χ3v) is 8.91. The van der Waals surface area contributed by atoms with Crippen molar-refractivity contribution in [3.05, 3.63) is 23.5 Å². The van der Waals surface area contributed by atoms with Crippen molar-refractivity contribution >= 4 is 39.0 Å². The lowest BCUT2D eigenvalue weighted by Crippen LogP contribution is -2.60. The molecule has 14 nitrogen and oxygen atoms in total. The predicted octanol–water partition coefficient (Wildman–Crippen LogP) is 0.998. The first-order chi connectivity index (χ1) is 19.5. The summed E-state index contributed by atoms with van der Waals surface area (Å²) < 4.78 is 73.7. The fourth-order valence-corrected chi connectivity index (χ4v) is 6.81. The van der Waals surface area contributed by atoms with Crippen molar-refractivity contribution in [3.8, 4) is 10.8 Å². The molecule has 226 valence electrons. The number of piperazine rings is 1. The quantitative estimate of drug-likeness (QED) is 0.276. The number of aromatic nitrogens is 4. The van der Waals surface area contributed by atoms with Crippen molar-refractivity contribution in [1.29, 1.82) is 0 Å². The van der Waals surface area contributed by atoms with Gasteiger partial charge >= 0.3 is 0 Å². The van der Waals surface area contributed by atoms with E-state index >= 15 is 0 Å². The number of carboxylic acid groups (broad SMARTS) is 1. The Morgan fingerprint density at radius 3 is 2.41 bits per heavy atom. The number of imidazole rings is 1. The first-order valence-corrected chi connectivity index (χ1v) is 14.7. The molecule has 2 aliphatic rings. The number of methoxy groups -OCH3 is 2. The van der Waals surface area contributed by atoms with E-state index in [2.05, 4.69) is 30.1 Å². The Morgan fingerprint density at radius 2 is 1.90 bits per heavy atom. The van der Waals surface area contributed by atoms with E-state index in [1.807, 2.05) is 0 Å². The van der Waals surface area contributed by atoms with Crippen LogP contribution in [-0.2, 0) is 29.0 Å². The summed E-state index contributed by atoms with van der Waals surface area (Å²) in [6.45, 7) is 3.97. The highest BCUT2D eigenvalue weighted by molar-refractivity contribution is 7.89. The van der Waals surface area contributed by atoms with Crippen LogP contribution in [0.4, 0.5) is 14.5 Å². The zero-order chi connectivity index (χ0) is 29.8. The molecule has 3 aromatic heterocycles. The summed E-state index contributed by atoms with van der Waals surface area (Å²) in [5, 5.41) is 17.5. The zero-order valence-corrected chi connectivity index (χ0v) is 24.1. The number of nitrogens with zero attached hydrogens (tertiary/aromatic N) is 5. The molecule has 0 unspecified atom stereocenters. The molecule has 0 saturated carbocycles. The number of pyridine rings is 1. The molecular weight excluding hydrogens is 588 g/mol. The molecule has 0 aliphatic carbocycles. The van der Waals surface area contributed by atoms with Gasteiger partial charge in [-0.15, -0.1) is 10.2 Å². The molecule has 18 heteroatoms.